The number of nitrogens with two attached hydrogens (primary N) is 1. The lowest BCUT2D eigenvalue weighted by Gasteiger charge is -2.48. The Hall–Kier alpha value is -2.03. The Morgan fingerprint density at radius 2 is 1.97 bits per heavy atom. The molecule has 0 radical (unpaired) electrons. The molecule has 8 heteroatoms. The van der Waals surface area contributed by atoms with E-state index >= 15 is 0 Å². The Morgan fingerprint density at radius 1 is 1.32 bits per heavy atom. The maximum Gasteiger partial charge on any atom is 0.241 e. The Kier molecular flexibility index (Phi) is 9.24. The second-order valence-corrected chi connectivity index (χ2v) is 11.5. The van der Waals surface area contributed by atoms with Gasteiger partial charge >= 0.3 is 0 Å². The Bertz CT molecular complexity index is 868. The van der Waals surface area contributed by atoms with Crippen molar-refractivity contribution < 1.29 is 19.1 Å². The molecule has 2 amide bonds. The second-order valence-electron chi connectivity index (χ2n) is 11.5. The summed E-state index contributed by atoms with van der Waals surface area (Å²) in [5.41, 5.74) is 7.31. The molecule has 1 aliphatic rings. The highest BCUT2D eigenvalue weighted by Crippen LogP contribution is 2.29. The third kappa shape index (κ3) is 7.48. The fourth-order valence-corrected chi connectivity index (χ4v) is 4.24. The summed E-state index contributed by atoms with van der Waals surface area (Å²) < 4.78 is 13.8. The number of aliphatic hydroxyl groups excluding tert-OH is 1. The summed E-state index contributed by atoms with van der Waals surface area (Å²) in [6.07, 6.45) is -0.000382. The smallest absolute Gasteiger partial charge is 0.241 e. The minimum absolute atomic E-state index is 0.0205. The van der Waals surface area contributed by atoms with Gasteiger partial charge in [-0.15, -0.1) is 0 Å². The van der Waals surface area contributed by atoms with Crippen molar-refractivity contribution >= 4 is 17.5 Å². The number of rotatable bonds is 9. The van der Waals surface area contributed by atoms with E-state index in [0.717, 1.165) is 5.56 Å². The van der Waals surface area contributed by atoms with Crippen molar-refractivity contribution in [1.29, 1.82) is 0 Å². The Balaban J connectivity index is 2.02. The summed E-state index contributed by atoms with van der Waals surface area (Å²) in [6, 6.07) is 3.84. The molecule has 0 unspecified atom stereocenters. The summed E-state index contributed by atoms with van der Waals surface area (Å²) in [6.45, 7) is 15.3. The lowest BCUT2D eigenvalue weighted by molar-refractivity contribution is -0.126. The number of carbonyl (C=O) groups excluding carboxylic acids is 2. The van der Waals surface area contributed by atoms with Crippen LogP contribution in [0.15, 0.2) is 18.2 Å². The third-order valence-corrected chi connectivity index (χ3v) is 6.60. The fraction of sp³-hybridized carbons (Fsp3) is 0.692. The number of aliphatic hydroxyl groups is 1. The van der Waals surface area contributed by atoms with Crippen LogP contribution in [0, 0.1) is 24.1 Å². The van der Waals surface area contributed by atoms with Crippen LogP contribution in [-0.4, -0.2) is 65.7 Å². The number of hydrogen-bond donors (Lipinski definition) is 3. The first-order valence-electron chi connectivity index (χ1n) is 12.2. The minimum Gasteiger partial charge on any atom is -0.391 e. The maximum atomic E-state index is 13.8. The number of benzene rings is 1. The average molecular weight is 479 g/mol. The highest BCUT2D eigenvalue weighted by atomic mass is 19.1. The van der Waals surface area contributed by atoms with Gasteiger partial charge in [-0.05, 0) is 56.7 Å². The molecule has 2 rings (SSSR count). The molecule has 7 nitrogen and oxygen atoms in total. The molecule has 0 bridgehead atoms. The van der Waals surface area contributed by atoms with E-state index < -0.39 is 17.7 Å². The molecule has 1 heterocycles. The minimum atomic E-state index is -0.875. The second kappa shape index (κ2) is 11.1. The van der Waals surface area contributed by atoms with Crippen molar-refractivity contribution in [3.8, 4) is 0 Å². The van der Waals surface area contributed by atoms with Gasteiger partial charge in [0.05, 0.1) is 12.6 Å². The van der Waals surface area contributed by atoms with Crippen LogP contribution in [0.4, 0.5) is 10.1 Å². The third-order valence-electron chi connectivity index (χ3n) is 6.60. The molecule has 0 spiro atoms. The molecule has 3 atom stereocenters. The summed E-state index contributed by atoms with van der Waals surface area (Å²) in [4.78, 5) is 29.2. The van der Waals surface area contributed by atoms with Crippen LogP contribution in [0.5, 0.6) is 0 Å². The summed E-state index contributed by atoms with van der Waals surface area (Å²) in [5, 5.41) is 13.8. The van der Waals surface area contributed by atoms with Gasteiger partial charge in [0.15, 0.2) is 0 Å². The lowest BCUT2D eigenvalue weighted by Crippen LogP contribution is -2.64. The maximum absolute atomic E-state index is 13.8. The van der Waals surface area contributed by atoms with Crippen molar-refractivity contribution in [3.63, 3.8) is 0 Å². The van der Waals surface area contributed by atoms with Gasteiger partial charge < -0.3 is 21.1 Å². The number of hydrogen-bond acceptors (Lipinski definition) is 5. The molecule has 1 saturated heterocycles. The molecule has 0 aromatic heterocycles. The number of carbonyl (C=O) groups is 2. The largest absolute Gasteiger partial charge is 0.391 e. The SMILES string of the molecule is CC[C@H](C[C@H](O)[C@@H](N)CN1CC(=O)N(c2cc(F)ccc2C)CC1(C)C)C(=O)NCC(C)(C)C. The normalized spacial score (nSPS) is 19.6. The van der Waals surface area contributed by atoms with Gasteiger partial charge in [-0.3, -0.25) is 14.5 Å². The number of aryl methyl sites for hydroxylation is 1. The number of piperazine rings is 1. The predicted molar refractivity (Wildman–Crippen MR) is 134 cm³/mol. The molecule has 192 valence electrons. The summed E-state index contributed by atoms with van der Waals surface area (Å²) >= 11 is 0. The van der Waals surface area contributed by atoms with Crippen LogP contribution < -0.4 is 16.0 Å². The molecular formula is C26H43FN4O3. The zero-order valence-electron chi connectivity index (χ0n) is 21.8. The monoisotopic (exact) mass is 478 g/mol. The van der Waals surface area contributed by atoms with Gasteiger partial charge in [-0.2, -0.15) is 0 Å². The topological polar surface area (TPSA) is 98.9 Å². The van der Waals surface area contributed by atoms with Crippen molar-refractivity contribution in [2.75, 3.05) is 31.1 Å². The van der Waals surface area contributed by atoms with E-state index in [2.05, 4.69) is 26.1 Å². The predicted octanol–water partition coefficient (Wildman–Crippen LogP) is 2.83. The molecule has 0 saturated carbocycles. The molecule has 0 aliphatic carbocycles. The van der Waals surface area contributed by atoms with Gasteiger partial charge in [-0.1, -0.05) is 33.8 Å². The van der Waals surface area contributed by atoms with Crippen molar-refractivity contribution in [2.45, 2.75) is 79.0 Å². The molecule has 4 N–H and O–H groups in total. The quantitative estimate of drug-likeness (QED) is 0.507. The first kappa shape index (κ1) is 28.2. The van der Waals surface area contributed by atoms with Crippen molar-refractivity contribution in [1.82, 2.24) is 10.2 Å². The number of nitrogens with zero attached hydrogens (tertiary/aromatic N) is 2. The van der Waals surface area contributed by atoms with E-state index in [9.17, 15) is 19.1 Å². The number of nitrogens with one attached hydrogen (secondary N) is 1. The van der Waals surface area contributed by atoms with E-state index in [4.69, 9.17) is 5.73 Å². The van der Waals surface area contributed by atoms with Gasteiger partial charge in [-0.25, -0.2) is 4.39 Å². The Morgan fingerprint density at radius 3 is 2.56 bits per heavy atom. The van der Waals surface area contributed by atoms with Crippen LogP contribution in [0.25, 0.3) is 0 Å². The van der Waals surface area contributed by atoms with Gasteiger partial charge in [0.25, 0.3) is 0 Å². The van der Waals surface area contributed by atoms with Crippen LogP contribution in [0.1, 0.15) is 59.9 Å². The first-order valence-corrected chi connectivity index (χ1v) is 12.2. The van der Waals surface area contributed by atoms with Gasteiger partial charge in [0, 0.05) is 42.8 Å². The molecule has 1 aliphatic heterocycles. The van der Waals surface area contributed by atoms with E-state index in [0.29, 0.717) is 31.7 Å². The van der Waals surface area contributed by atoms with Crippen LogP contribution in [0.3, 0.4) is 0 Å². The first-order chi connectivity index (χ1) is 15.6. The van der Waals surface area contributed by atoms with Gasteiger partial charge in [0.1, 0.15) is 5.82 Å². The zero-order chi connectivity index (χ0) is 25.8. The summed E-state index contributed by atoms with van der Waals surface area (Å²) in [7, 11) is 0. The molecule has 1 fully saturated rings. The molecular weight excluding hydrogens is 435 g/mol. The molecule has 34 heavy (non-hydrogen) atoms. The lowest BCUT2D eigenvalue weighted by atomic mass is 9.91. The number of halogens is 1. The zero-order valence-corrected chi connectivity index (χ0v) is 21.8. The van der Waals surface area contributed by atoms with Gasteiger partial charge in [0.2, 0.25) is 11.8 Å². The van der Waals surface area contributed by atoms with E-state index in [1.54, 1.807) is 11.0 Å². The standard InChI is InChI=1S/C26H43FN4O3/c1-8-18(24(34)29-15-25(3,4)5)11-22(32)20(28)13-30-14-23(33)31(16-26(30,6)7)21-12-19(27)10-9-17(21)2/h9-10,12,18,20,22,32H,8,11,13-16,28H2,1-7H3,(H,29,34)/t18-,20+,22+/m1/s1. The van der Waals surface area contributed by atoms with Crippen molar-refractivity contribution in [3.05, 3.63) is 29.6 Å². The summed E-state index contributed by atoms with van der Waals surface area (Å²) in [5.74, 6) is -0.914. The van der Waals surface area contributed by atoms with Crippen LogP contribution in [0.2, 0.25) is 0 Å². The fourth-order valence-electron chi connectivity index (χ4n) is 4.24. The van der Waals surface area contributed by atoms with Crippen LogP contribution >= 0.6 is 0 Å². The average Bonchev–Trinajstić information content (AvgIpc) is 2.73. The molecule has 1 aromatic carbocycles. The van der Waals surface area contributed by atoms with Crippen molar-refractivity contribution in [2.24, 2.45) is 17.1 Å². The number of anilines is 1. The molecule has 1 aromatic rings. The highest BCUT2D eigenvalue weighted by molar-refractivity contribution is 5.96. The number of amides is 2. The Labute approximate surface area is 203 Å². The van der Waals surface area contributed by atoms with Crippen LogP contribution in [-0.2, 0) is 9.59 Å². The van der Waals surface area contributed by atoms with E-state index in [-0.39, 0.29) is 41.9 Å². The van der Waals surface area contributed by atoms with E-state index in [1.165, 1.54) is 12.1 Å². The van der Waals surface area contributed by atoms with E-state index in [1.807, 2.05) is 32.6 Å². The highest BCUT2D eigenvalue weighted by Gasteiger charge is 2.40.